The number of hydrogen-bond donors (Lipinski definition) is 2. The van der Waals surface area contributed by atoms with Crippen molar-refractivity contribution < 1.29 is 23.0 Å². The molecule has 0 fully saturated rings. The van der Waals surface area contributed by atoms with Gasteiger partial charge in [-0.15, -0.1) is 0 Å². The fourth-order valence-corrected chi connectivity index (χ4v) is 2.17. The first kappa shape index (κ1) is 17.2. The van der Waals surface area contributed by atoms with Crippen LogP contribution in [0.5, 0.6) is 0 Å². The van der Waals surface area contributed by atoms with E-state index < -0.39 is 18.2 Å². The van der Waals surface area contributed by atoms with Crippen molar-refractivity contribution in [3.05, 3.63) is 40.8 Å². The number of aromatic nitrogens is 2. The summed E-state index contributed by atoms with van der Waals surface area (Å²) in [5.41, 5.74) is 7.48. The van der Waals surface area contributed by atoms with E-state index in [1.807, 2.05) is 0 Å². The van der Waals surface area contributed by atoms with Crippen LogP contribution in [0.1, 0.15) is 28.8 Å². The smallest absolute Gasteiger partial charge is 0.398 e. The Morgan fingerprint density at radius 3 is 2.35 bits per heavy atom. The van der Waals surface area contributed by atoms with E-state index in [2.05, 4.69) is 9.97 Å². The van der Waals surface area contributed by atoms with E-state index in [0.29, 0.717) is 28.1 Å². The molecule has 0 aliphatic heterocycles. The van der Waals surface area contributed by atoms with Crippen LogP contribution in [0.3, 0.4) is 0 Å². The van der Waals surface area contributed by atoms with Gasteiger partial charge in [-0.3, -0.25) is 4.98 Å². The highest BCUT2D eigenvalue weighted by molar-refractivity contribution is 5.71. The highest BCUT2D eigenvalue weighted by Crippen LogP contribution is 2.33. The summed E-state index contributed by atoms with van der Waals surface area (Å²) in [4.78, 5) is 7.70. The number of pyridine rings is 2. The minimum absolute atomic E-state index is 0.213. The van der Waals surface area contributed by atoms with Gasteiger partial charge < -0.3 is 15.6 Å². The average Bonchev–Trinajstić information content (AvgIpc) is 2.51. The molecule has 1 atom stereocenters. The van der Waals surface area contributed by atoms with Crippen molar-refractivity contribution in [2.24, 2.45) is 0 Å². The maximum Gasteiger partial charge on any atom is 0.433 e. The van der Waals surface area contributed by atoms with Crippen molar-refractivity contribution in [1.29, 1.82) is 0 Å². The van der Waals surface area contributed by atoms with Crippen LogP contribution in [0.4, 0.5) is 18.9 Å². The number of aliphatic hydroxyl groups is 1. The standard InChI is InChI=1S/C15H16F3N3O2/c1-7-11(19)8(2)13(14(22)23-3)21-12(7)9-4-5-10(20-6-9)15(16,17)18/h4-6,14,22H,1-3H3,(H2,19,21). The van der Waals surface area contributed by atoms with Crippen LogP contribution in [0, 0.1) is 13.8 Å². The number of ether oxygens (including phenoxy) is 1. The average molecular weight is 327 g/mol. The third kappa shape index (κ3) is 3.27. The lowest BCUT2D eigenvalue weighted by atomic mass is 10.0. The van der Waals surface area contributed by atoms with Crippen molar-refractivity contribution in [2.45, 2.75) is 26.3 Å². The SMILES string of the molecule is COC(O)c1nc(-c2ccc(C(F)(F)F)nc2)c(C)c(N)c1C. The van der Waals surface area contributed by atoms with E-state index in [9.17, 15) is 18.3 Å². The summed E-state index contributed by atoms with van der Waals surface area (Å²) >= 11 is 0. The second kappa shape index (κ2) is 6.13. The minimum atomic E-state index is -4.51. The van der Waals surface area contributed by atoms with Crippen molar-refractivity contribution >= 4 is 5.69 Å². The van der Waals surface area contributed by atoms with Crippen LogP contribution in [-0.4, -0.2) is 22.2 Å². The van der Waals surface area contributed by atoms with Crippen LogP contribution in [-0.2, 0) is 10.9 Å². The first-order valence-electron chi connectivity index (χ1n) is 6.67. The number of nitrogens with two attached hydrogens (primary N) is 1. The molecule has 0 bridgehead atoms. The van der Waals surface area contributed by atoms with E-state index in [-0.39, 0.29) is 5.69 Å². The van der Waals surface area contributed by atoms with Crippen LogP contribution < -0.4 is 5.73 Å². The van der Waals surface area contributed by atoms with Gasteiger partial charge in [0.2, 0.25) is 0 Å². The van der Waals surface area contributed by atoms with Gasteiger partial charge in [0.1, 0.15) is 11.4 Å². The van der Waals surface area contributed by atoms with Crippen molar-refractivity contribution in [2.75, 3.05) is 12.8 Å². The molecule has 0 aromatic carbocycles. The Morgan fingerprint density at radius 2 is 1.87 bits per heavy atom. The molecule has 1 unspecified atom stereocenters. The van der Waals surface area contributed by atoms with Crippen molar-refractivity contribution in [3.63, 3.8) is 0 Å². The zero-order valence-electron chi connectivity index (χ0n) is 12.8. The Kier molecular flexibility index (Phi) is 4.58. The highest BCUT2D eigenvalue weighted by atomic mass is 19.4. The molecule has 0 saturated carbocycles. The van der Waals surface area contributed by atoms with E-state index in [1.165, 1.54) is 13.2 Å². The number of halogens is 3. The summed E-state index contributed by atoms with van der Waals surface area (Å²) in [6.07, 6.45) is -4.71. The second-order valence-corrected chi connectivity index (χ2v) is 5.03. The quantitative estimate of drug-likeness (QED) is 0.847. The Morgan fingerprint density at radius 1 is 1.22 bits per heavy atom. The van der Waals surface area contributed by atoms with Gasteiger partial charge in [-0.05, 0) is 37.1 Å². The first-order valence-corrected chi connectivity index (χ1v) is 6.67. The lowest BCUT2D eigenvalue weighted by Gasteiger charge is -2.17. The fourth-order valence-electron chi connectivity index (χ4n) is 2.17. The Labute approximate surface area is 130 Å². The van der Waals surface area contributed by atoms with Gasteiger partial charge in [0.25, 0.3) is 0 Å². The molecule has 2 aromatic heterocycles. The molecule has 2 heterocycles. The number of alkyl halides is 3. The van der Waals surface area contributed by atoms with Gasteiger partial charge in [0, 0.05) is 24.6 Å². The zero-order valence-corrected chi connectivity index (χ0v) is 12.8. The third-order valence-corrected chi connectivity index (χ3v) is 3.56. The summed E-state index contributed by atoms with van der Waals surface area (Å²) in [5, 5.41) is 9.84. The van der Waals surface area contributed by atoms with Crippen LogP contribution in [0.15, 0.2) is 18.3 Å². The lowest BCUT2D eigenvalue weighted by molar-refractivity contribution is -0.141. The number of rotatable bonds is 3. The molecule has 23 heavy (non-hydrogen) atoms. The van der Waals surface area contributed by atoms with E-state index >= 15 is 0 Å². The first-order chi connectivity index (χ1) is 10.7. The van der Waals surface area contributed by atoms with Gasteiger partial charge in [0.05, 0.1) is 5.69 Å². The molecule has 5 nitrogen and oxygen atoms in total. The van der Waals surface area contributed by atoms with Gasteiger partial charge >= 0.3 is 6.18 Å². The van der Waals surface area contributed by atoms with Crippen LogP contribution in [0.2, 0.25) is 0 Å². The molecule has 0 spiro atoms. The molecule has 124 valence electrons. The van der Waals surface area contributed by atoms with Crippen LogP contribution in [0.25, 0.3) is 11.3 Å². The number of aliphatic hydroxyl groups excluding tert-OH is 1. The minimum Gasteiger partial charge on any atom is -0.398 e. The van der Waals surface area contributed by atoms with E-state index in [1.54, 1.807) is 13.8 Å². The number of anilines is 1. The summed E-state index contributed by atoms with van der Waals surface area (Å²) in [7, 11) is 1.31. The Balaban J connectivity index is 2.57. The molecule has 2 rings (SSSR count). The molecule has 0 aliphatic carbocycles. The van der Waals surface area contributed by atoms with Gasteiger partial charge in [-0.25, -0.2) is 4.98 Å². The number of nitrogens with zero attached hydrogens (tertiary/aromatic N) is 2. The topological polar surface area (TPSA) is 81.3 Å². The van der Waals surface area contributed by atoms with Gasteiger partial charge in [-0.2, -0.15) is 13.2 Å². The number of hydrogen-bond acceptors (Lipinski definition) is 5. The number of methoxy groups -OCH3 is 1. The van der Waals surface area contributed by atoms with Crippen molar-refractivity contribution in [3.8, 4) is 11.3 Å². The summed E-state index contributed by atoms with van der Waals surface area (Å²) < 4.78 is 42.6. The van der Waals surface area contributed by atoms with Gasteiger partial charge in [-0.1, -0.05) is 0 Å². The molecule has 3 N–H and O–H groups in total. The predicted molar refractivity (Wildman–Crippen MR) is 78.3 cm³/mol. The zero-order chi connectivity index (χ0) is 17.4. The second-order valence-electron chi connectivity index (χ2n) is 5.03. The van der Waals surface area contributed by atoms with E-state index in [0.717, 1.165) is 12.3 Å². The highest BCUT2D eigenvalue weighted by Gasteiger charge is 2.32. The molecule has 2 aromatic rings. The normalized spacial score (nSPS) is 13.2. The molecule has 0 saturated heterocycles. The maximum atomic E-state index is 12.6. The summed E-state index contributed by atoms with van der Waals surface area (Å²) in [6, 6.07) is 2.14. The Bertz CT molecular complexity index is 715. The maximum absolute atomic E-state index is 12.6. The molecule has 0 amide bonds. The number of nitrogen functional groups attached to an aromatic ring is 1. The molecule has 8 heteroatoms. The van der Waals surface area contributed by atoms with Crippen molar-refractivity contribution in [1.82, 2.24) is 9.97 Å². The summed E-state index contributed by atoms with van der Waals surface area (Å²) in [6.45, 7) is 3.38. The monoisotopic (exact) mass is 327 g/mol. The molecular formula is C15H16F3N3O2. The summed E-state index contributed by atoms with van der Waals surface area (Å²) in [5.74, 6) is 0. The Hall–Kier alpha value is -2.19. The molecule has 0 radical (unpaired) electrons. The molecular weight excluding hydrogens is 311 g/mol. The van der Waals surface area contributed by atoms with E-state index in [4.69, 9.17) is 10.5 Å². The predicted octanol–water partition coefficient (Wildman–Crippen LogP) is 3.00. The fraction of sp³-hybridized carbons (Fsp3) is 0.333. The molecule has 0 aliphatic rings. The van der Waals surface area contributed by atoms with Crippen LogP contribution >= 0.6 is 0 Å². The third-order valence-electron chi connectivity index (χ3n) is 3.56. The lowest BCUT2D eigenvalue weighted by Crippen LogP contribution is -2.11. The van der Waals surface area contributed by atoms with Gasteiger partial charge in [0.15, 0.2) is 6.29 Å². The largest absolute Gasteiger partial charge is 0.433 e.